The first kappa shape index (κ1) is 10.2. The Morgan fingerprint density at radius 2 is 2.40 bits per heavy atom. The number of aryl methyl sites for hydroxylation is 1. The molecular formula is C11H16N2O2. The molecule has 0 aliphatic carbocycles. The number of amides is 1. The van der Waals surface area contributed by atoms with Crippen LogP contribution in [0.15, 0.2) is 16.5 Å². The second-order valence-corrected chi connectivity index (χ2v) is 4.00. The van der Waals surface area contributed by atoms with Crippen LogP contribution in [0.4, 0.5) is 0 Å². The summed E-state index contributed by atoms with van der Waals surface area (Å²) < 4.78 is 5.43. The van der Waals surface area contributed by atoms with E-state index >= 15 is 0 Å². The molecular weight excluding hydrogens is 192 g/mol. The zero-order valence-corrected chi connectivity index (χ0v) is 8.90. The molecule has 1 unspecified atom stereocenters. The van der Waals surface area contributed by atoms with Gasteiger partial charge in [0.15, 0.2) is 0 Å². The lowest BCUT2D eigenvalue weighted by atomic mass is 10.2. The standard InChI is InChI=1S/C11H16N2O2/c1-8-4-5-10(15-8)9(12)7-13-6-2-3-11(13)14/h4-5,9H,2-3,6-7,12H2,1H3. The van der Waals surface area contributed by atoms with Gasteiger partial charge < -0.3 is 15.1 Å². The van der Waals surface area contributed by atoms with Crippen molar-refractivity contribution in [1.29, 1.82) is 0 Å². The average molecular weight is 208 g/mol. The summed E-state index contributed by atoms with van der Waals surface area (Å²) in [5.41, 5.74) is 5.96. The van der Waals surface area contributed by atoms with E-state index in [4.69, 9.17) is 10.2 Å². The molecule has 1 amide bonds. The number of hydrogen-bond acceptors (Lipinski definition) is 3. The van der Waals surface area contributed by atoms with Crippen molar-refractivity contribution in [1.82, 2.24) is 4.90 Å². The molecule has 82 valence electrons. The van der Waals surface area contributed by atoms with Gasteiger partial charge in [0.1, 0.15) is 11.5 Å². The number of hydrogen-bond donors (Lipinski definition) is 1. The largest absolute Gasteiger partial charge is 0.465 e. The number of furan rings is 1. The van der Waals surface area contributed by atoms with Crippen LogP contribution in [0.5, 0.6) is 0 Å². The van der Waals surface area contributed by atoms with Crippen molar-refractivity contribution in [2.75, 3.05) is 13.1 Å². The number of likely N-dealkylation sites (tertiary alicyclic amines) is 1. The summed E-state index contributed by atoms with van der Waals surface area (Å²) in [5, 5.41) is 0. The number of rotatable bonds is 3. The predicted molar refractivity (Wildman–Crippen MR) is 56.2 cm³/mol. The first-order chi connectivity index (χ1) is 7.16. The lowest BCUT2D eigenvalue weighted by Crippen LogP contribution is -2.32. The van der Waals surface area contributed by atoms with Gasteiger partial charge in [0.05, 0.1) is 6.04 Å². The molecule has 1 aromatic rings. The lowest BCUT2D eigenvalue weighted by Gasteiger charge is -2.19. The Morgan fingerprint density at radius 3 is 2.93 bits per heavy atom. The number of nitrogens with two attached hydrogens (primary N) is 1. The molecule has 2 N–H and O–H groups in total. The molecule has 0 aromatic carbocycles. The van der Waals surface area contributed by atoms with Gasteiger partial charge in [-0.2, -0.15) is 0 Å². The summed E-state index contributed by atoms with van der Waals surface area (Å²) in [6, 6.07) is 3.56. The smallest absolute Gasteiger partial charge is 0.222 e. The number of nitrogens with zero attached hydrogens (tertiary/aromatic N) is 1. The molecule has 1 aliphatic heterocycles. The number of carbonyl (C=O) groups excluding carboxylic acids is 1. The normalized spacial score (nSPS) is 18.5. The average Bonchev–Trinajstić information content (AvgIpc) is 2.77. The van der Waals surface area contributed by atoms with Crippen molar-refractivity contribution in [2.45, 2.75) is 25.8 Å². The van der Waals surface area contributed by atoms with Crippen LogP contribution in [0.25, 0.3) is 0 Å². The molecule has 2 heterocycles. The zero-order valence-electron chi connectivity index (χ0n) is 8.90. The molecule has 4 nitrogen and oxygen atoms in total. The second kappa shape index (κ2) is 4.06. The summed E-state index contributed by atoms with van der Waals surface area (Å²) in [7, 11) is 0. The molecule has 1 atom stereocenters. The molecule has 2 rings (SSSR count). The first-order valence-electron chi connectivity index (χ1n) is 5.26. The fraction of sp³-hybridized carbons (Fsp3) is 0.545. The van der Waals surface area contributed by atoms with Crippen LogP contribution in [0, 0.1) is 6.92 Å². The minimum absolute atomic E-state index is 0.203. The highest BCUT2D eigenvalue weighted by atomic mass is 16.3. The van der Waals surface area contributed by atoms with Crippen molar-refractivity contribution >= 4 is 5.91 Å². The predicted octanol–water partition coefficient (Wildman–Crippen LogP) is 1.21. The van der Waals surface area contributed by atoms with Gasteiger partial charge in [-0.05, 0) is 25.5 Å². The van der Waals surface area contributed by atoms with Gasteiger partial charge in [-0.1, -0.05) is 0 Å². The summed E-state index contributed by atoms with van der Waals surface area (Å²) in [6.07, 6.45) is 1.60. The van der Waals surface area contributed by atoms with Crippen LogP contribution in [-0.4, -0.2) is 23.9 Å². The minimum atomic E-state index is -0.208. The highest BCUT2D eigenvalue weighted by molar-refractivity contribution is 5.78. The van der Waals surface area contributed by atoms with Crippen LogP contribution < -0.4 is 5.73 Å². The van der Waals surface area contributed by atoms with Crippen molar-refractivity contribution < 1.29 is 9.21 Å². The Labute approximate surface area is 89.0 Å². The van der Waals surface area contributed by atoms with E-state index in [1.54, 1.807) is 0 Å². The van der Waals surface area contributed by atoms with Crippen molar-refractivity contribution in [3.63, 3.8) is 0 Å². The third-order valence-electron chi connectivity index (χ3n) is 2.72. The molecule has 0 bridgehead atoms. The third-order valence-corrected chi connectivity index (χ3v) is 2.72. The van der Waals surface area contributed by atoms with Gasteiger partial charge >= 0.3 is 0 Å². The molecule has 0 spiro atoms. The SMILES string of the molecule is Cc1ccc(C(N)CN2CCCC2=O)o1. The molecule has 1 aromatic heterocycles. The fourth-order valence-corrected chi connectivity index (χ4v) is 1.88. The zero-order chi connectivity index (χ0) is 10.8. The topological polar surface area (TPSA) is 59.5 Å². The van der Waals surface area contributed by atoms with Gasteiger partial charge in [-0.25, -0.2) is 0 Å². The molecule has 1 aliphatic rings. The molecule has 0 saturated carbocycles. The maximum absolute atomic E-state index is 11.4. The van der Waals surface area contributed by atoms with Crippen LogP contribution in [-0.2, 0) is 4.79 Å². The van der Waals surface area contributed by atoms with E-state index in [1.807, 2.05) is 24.0 Å². The maximum Gasteiger partial charge on any atom is 0.222 e. The van der Waals surface area contributed by atoms with E-state index in [0.717, 1.165) is 24.5 Å². The van der Waals surface area contributed by atoms with Crippen LogP contribution >= 0.6 is 0 Å². The second-order valence-electron chi connectivity index (χ2n) is 4.00. The Balaban J connectivity index is 1.97. The summed E-state index contributed by atoms with van der Waals surface area (Å²) in [4.78, 5) is 13.2. The Bertz CT molecular complexity index is 359. The Morgan fingerprint density at radius 1 is 1.60 bits per heavy atom. The molecule has 0 radical (unpaired) electrons. The van der Waals surface area contributed by atoms with Gasteiger partial charge in [0.2, 0.25) is 5.91 Å². The monoisotopic (exact) mass is 208 g/mol. The van der Waals surface area contributed by atoms with Gasteiger partial charge in [0.25, 0.3) is 0 Å². The van der Waals surface area contributed by atoms with Gasteiger partial charge in [-0.3, -0.25) is 4.79 Å². The van der Waals surface area contributed by atoms with Crippen LogP contribution in [0.3, 0.4) is 0 Å². The Kier molecular flexibility index (Phi) is 2.77. The van der Waals surface area contributed by atoms with Crippen LogP contribution in [0.2, 0.25) is 0 Å². The third kappa shape index (κ3) is 2.21. The maximum atomic E-state index is 11.4. The highest BCUT2D eigenvalue weighted by Gasteiger charge is 2.23. The van der Waals surface area contributed by atoms with Crippen LogP contribution in [0.1, 0.15) is 30.4 Å². The van der Waals surface area contributed by atoms with E-state index < -0.39 is 0 Å². The highest BCUT2D eigenvalue weighted by Crippen LogP contribution is 2.18. The first-order valence-corrected chi connectivity index (χ1v) is 5.26. The fourth-order valence-electron chi connectivity index (χ4n) is 1.88. The summed E-state index contributed by atoms with van der Waals surface area (Å²) >= 11 is 0. The molecule has 1 fully saturated rings. The lowest BCUT2D eigenvalue weighted by molar-refractivity contribution is -0.127. The number of carbonyl (C=O) groups is 1. The quantitative estimate of drug-likeness (QED) is 0.812. The van der Waals surface area contributed by atoms with Crippen molar-refractivity contribution in [2.24, 2.45) is 5.73 Å². The molecule has 4 heteroatoms. The van der Waals surface area contributed by atoms with Gasteiger partial charge in [0, 0.05) is 19.5 Å². The molecule has 15 heavy (non-hydrogen) atoms. The van der Waals surface area contributed by atoms with Gasteiger partial charge in [-0.15, -0.1) is 0 Å². The van der Waals surface area contributed by atoms with E-state index in [1.165, 1.54) is 0 Å². The molecule has 1 saturated heterocycles. The summed E-state index contributed by atoms with van der Waals surface area (Å²) in [5.74, 6) is 1.81. The van der Waals surface area contributed by atoms with Crippen molar-refractivity contribution in [3.05, 3.63) is 23.7 Å². The van der Waals surface area contributed by atoms with E-state index in [9.17, 15) is 4.79 Å². The van der Waals surface area contributed by atoms with Crippen molar-refractivity contribution in [3.8, 4) is 0 Å². The Hall–Kier alpha value is -1.29. The van der Waals surface area contributed by atoms with E-state index in [2.05, 4.69) is 0 Å². The minimum Gasteiger partial charge on any atom is -0.465 e. The van der Waals surface area contributed by atoms with E-state index in [-0.39, 0.29) is 11.9 Å². The summed E-state index contributed by atoms with van der Waals surface area (Å²) in [6.45, 7) is 3.27. The van der Waals surface area contributed by atoms with E-state index in [0.29, 0.717) is 13.0 Å².